The van der Waals surface area contributed by atoms with Crippen molar-refractivity contribution in [1.82, 2.24) is 10.6 Å². The zero-order valence-corrected chi connectivity index (χ0v) is 13.2. The Morgan fingerprint density at radius 1 is 1.14 bits per heavy atom. The average molecular weight is 292 g/mol. The van der Waals surface area contributed by atoms with Gasteiger partial charge in [0.1, 0.15) is 5.75 Å². The highest BCUT2D eigenvalue weighted by Crippen LogP contribution is 2.26. The highest BCUT2D eigenvalue weighted by atomic mass is 16.3. The maximum Gasteiger partial charge on any atom is 0.221 e. The number of rotatable bonds is 10. The quantitative estimate of drug-likeness (QED) is 0.581. The van der Waals surface area contributed by atoms with Crippen molar-refractivity contribution in [2.24, 2.45) is 0 Å². The van der Waals surface area contributed by atoms with Gasteiger partial charge < -0.3 is 15.7 Å². The van der Waals surface area contributed by atoms with Crippen LogP contribution < -0.4 is 10.6 Å². The van der Waals surface area contributed by atoms with Gasteiger partial charge in [0.15, 0.2) is 0 Å². The molecule has 3 N–H and O–H groups in total. The second-order valence-electron chi connectivity index (χ2n) is 5.33. The van der Waals surface area contributed by atoms with Gasteiger partial charge in [-0.1, -0.05) is 44.9 Å². The Morgan fingerprint density at radius 3 is 2.48 bits per heavy atom. The molecule has 0 radical (unpaired) electrons. The SMILES string of the molecule is CCCCNC(=O)CC(NCCCC)c1ccccc1O. The number of carbonyl (C=O) groups is 1. The van der Waals surface area contributed by atoms with Crippen LogP contribution in [0.4, 0.5) is 0 Å². The topological polar surface area (TPSA) is 61.4 Å². The number of phenolic OH excluding ortho intramolecular Hbond substituents is 1. The molecule has 1 atom stereocenters. The van der Waals surface area contributed by atoms with Crippen LogP contribution in [0.1, 0.15) is 57.6 Å². The fraction of sp³-hybridized carbons (Fsp3) is 0.588. The molecule has 1 rings (SSSR count). The summed E-state index contributed by atoms with van der Waals surface area (Å²) in [5.41, 5.74) is 0.791. The molecule has 4 nitrogen and oxygen atoms in total. The molecule has 0 aromatic heterocycles. The van der Waals surface area contributed by atoms with Crippen LogP contribution in [-0.2, 0) is 4.79 Å². The average Bonchev–Trinajstić information content (AvgIpc) is 2.47. The lowest BCUT2D eigenvalue weighted by Crippen LogP contribution is -2.31. The first-order valence-electron chi connectivity index (χ1n) is 7.97. The van der Waals surface area contributed by atoms with Crippen LogP contribution in [0, 0.1) is 0 Å². The Labute approximate surface area is 128 Å². The molecular formula is C17H28N2O2. The molecule has 0 fully saturated rings. The van der Waals surface area contributed by atoms with Crippen LogP contribution in [0.5, 0.6) is 5.75 Å². The van der Waals surface area contributed by atoms with Gasteiger partial charge in [-0.2, -0.15) is 0 Å². The molecule has 0 saturated carbocycles. The third kappa shape index (κ3) is 6.63. The molecule has 0 saturated heterocycles. The van der Waals surface area contributed by atoms with Crippen molar-refractivity contribution in [2.45, 2.75) is 52.0 Å². The molecule has 21 heavy (non-hydrogen) atoms. The Bertz CT molecular complexity index is 421. The minimum Gasteiger partial charge on any atom is -0.508 e. The van der Waals surface area contributed by atoms with Gasteiger partial charge in [-0.15, -0.1) is 0 Å². The first kappa shape index (κ1) is 17.5. The fourth-order valence-corrected chi connectivity index (χ4v) is 2.19. The second-order valence-corrected chi connectivity index (χ2v) is 5.33. The van der Waals surface area contributed by atoms with E-state index in [-0.39, 0.29) is 17.7 Å². The molecule has 4 heteroatoms. The fourth-order valence-electron chi connectivity index (χ4n) is 2.19. The molecule has 1 aromatic carbocycles. The second kappa shape index (κ2) is 10.2. The van der Waals surface area contributed by atoms with Gasteiger partial charge in [-0.25, -0.2) is 0 Å². The molecule has 118 valence electrons. The number of hydrogen-bond acceptors (Lipinski definition) is 3. The number of amides is 1. The van der Waals surface area contributed by atoms with E-state index in [1.807, 2.05) is 12.1 Å². The molecule has 0 spiro atoms. The van der Waals surface area contributed by atoms with Gasteiger partial charge in [0.25, 0.3) is 0 Å². The summed E-state index contributed by atoms with van der Waals surface area (Å²) in [6.07, 6.45) is 4.57. The predicted molar refractivity (Wildman–Crippen MR) is 86.3 cm³/mol. The molecule has 0 bridgehead atoms. The highest BCUT2D eigenvalue weighted by Gasteiger charge is 2.17. The van der Waals surface area contributed by atoms with Crippen molar-refractivity contribution >= 4 is 5.91 Å². The molecule has 0 aliphatic heterocycles. The van der Waals surface area contributed by atoms with Crippen LogP contribution in [0.3, 0.4) is 0 Å². The summed E-state index contributed by atoms with van der Waals surface area (Å²) in [4.78, 5) is 12.0. The Balaban J connectivity index is 2.64. The Morgan fingerprint density at radius 2 is 1.81 bits per heavy atom. The lowest BCUT2D eigenvalue weighted by Gasteiger charge is -2.20. The normalized spacial score (nSPS) is 12.1. The van der Waals surface area contributed by atoms with Crippen molar-refractivity contribution in [3.8, 4) is 5.75 Å². The van der Waals surface area contributed by atoms with E-state index in [0.29, 0.717) is 6.42 Å². The highest BCUT2D eigenvalue weighted by molar-refractivity contribution is 5.76. The number of phenols is 1. The number of benzene rings is 1. The van der Waals surface area contributed by atoms with Gasteiger partial charge >= 0.3 is 0 Å². The van der Waals surface area contributed by atoms with Gasteiger partial charge in [0, 0.05) is 24.6 Å². The molecule has 1 unspecified atom stereocenters. The van der Waals surface area contributed by atoms with Crippen LogP contribution in [0.25, 0.3) is 0 Å². The van der Waals surface area contributed by atoms with E-state index in [1.54, 1.807) is 12.1 Å². The van der Waals surface area contributed by atoms with Crippen molar-refractivity contribution < 1.29 is 9.90 Å². The number of unbranched alkanes of at least 4 members (excludes halogenated alkanes) is 2. The van der Waals surface area contributed by atoms with Crippen molar-refractivity contribution in [1.29, 1.82) is 0 Å². The lowest BCUT2D eigenvalue weighted by atomic mass is 10.0. The Hall–Kier alpha value is -1.55. The van der Waals surface area contributed by atoms with E-state index in [0.717, 1.165) is 44.3 Å². The van der Waals surface area contributed by atoms with E-state index < -0.39 is 0 Å². The largest absolute Gasteiger partial charge is 0.508 e. The number of nitrogens with one attached hydrogen (secondary N) is 2. The zero-order chi connectivity index (χ0) is 15.5. The number of para-hydroxylation sites is 1. The third-order valence-corrected chi connectivity index (χ3v) is 3.48. The molecule has 1 aromatic rings. The van der Waals surface area contributed by atoms with Crippen molar-refractivity contribution in [3.63, 3.8) is 0 Å². The van der Waals surface area contributed by atoms with Gasteiger partial charge in [-0.3, -0.25) is 4.79 Å². The van der Waals surface area contributed by atoms with E-state index >= 15 is 0 Å². The summed E-state index contributed by atoms with van der Waals surface area (Å²) >= 11 is 0. The van der Waals surface area contributed by atoms with E-state index in [9.17, 15) is 9.90 Å². The maximum absolute atomic E-state index is 12.0. The summed E-state index contributed by atoms with van der Waals surface area (Å²) in [7, 11) is 0. The first-order valence-corrected chi connectivity index (χ1v) is 7.97. The zero-order valence-electron chi connectivity index (χ0n) is 13.2. The third-order valence-electron chi connectivity index (χ3n) is 3.48. The molecule has 0 aliphatic carbocycles. The van der Waals surface area contributed by atoms with Crippen LogP contribution in [0.15, 0.2) is 24.3 Å². The summed E-state index contributed by atoms with van der Waals surface area (Å²) in [6, 6.07) is 7.08. The lowest BCUT2D eigenvalue weighted by molar-refractivity contribution is -0.121. The van der Waals surface area contributed by atoms with Gasteiger partial charge in [0.05, 0.1) is 0 Å². The standard InChI is InChI=1S/C17H28N2O2/c1-3-5-11-18-15(13-17(21)19-12-6-4-2)14-9-7-8-10-16(14)20/h7-10,15,18,20H,3-6,11-13H2,1-2H3,(H,19,21). The van der Waals surface area contributed by atoms with E-state index in [1.165, 1.54) is 0 Å². The number of aromatic hydroxyl groups is 1. The molecule has 0 aliphatic rings. The molecular weight excluding hydrogens is 264 g/mol. The summed E-state index contributed by atoms with van der Waals surface area (Å²) < 4.78 is 0. The monoisotopic (exact) mass is 292 g/mol. The minimum atomic E-state index is -0.139. The first-order chi connectivity index (χ1) is 10.2. The summed E-state index contributed by atoms with van der Waals surface area (Å²) in [5, 5.41) is 16.3. The maximum atomic E-state index is 12.0. The predicted octanol–water partition coefficient (Wildman–Crippen LogP) is 3.13. The summed E-state index contributed by atoms with van der Waals surface area (Å²) in [6.45, 7) is 5.80. The smallest absolute Gasteiger partial charge is 0.221 e. The van der Waals surface area contributed by atoms with Crippen molar-refractivity contribution in [2.75, 3.05) is 13.1 Å². The van der Waals surface area contributed by atoms with Crippen molar-refractivity contribution in [3.05, 3.63) is 29.8 Å². The van der Waals surface area contributed by atoms with E-state index in [2.05, 4.69) is 24.5 Å². The molecule has 0 heterocycles. The molecule has 1 amide bonds. The minimum absolute atomic E-state index is 0.0284. The van der Waals surface area contributed by atoms with Gasteiger partial charge in [0.2, 0.25) is 5.91 Å². The Kier molecular flexibility index (Phi) is 8.51. The number of carbonyl (C=O) groups excluding carboxylic acids is 1. The number of hydrogen-bond donors (Lipinski definition) is 3. The van der Waals surface area contributed by atoms with Crippen LogP contribution in [-0.4, -0.2) is 24.1 Å². The van der Waals surface area contributed by atoms with Crippen LogP contribution >= 0.6 is 0 Å². The van der Waals surface area contributed by atoms with Crippen LogP contribution in [0.2, 0.25) is 0 Å². The summed E-state index contributed by atoms with van der Waals surface area (Å²) in [5.74, 6) is 0.272. The van der Waals surface area contributed by atoms with Gasteiger partial charge in [-0.05, 0) is 25.5 Å². The van der Waals surface area contributed by atoms with E-state index in [4.69, 9.17) is 0 Å².